The van der Waals surface area contributed by atoms with Crippen LogP contribution in [0.5, 0.6) is 0 Å². The third-order valence-corrected chi connectivity index (χ3v) is 13.2. The minimum Gasteiger partial charge on any atom is -0.299 e. The molecule has 11 aromatic rings. The number of thiophene rings is 1. The monoisotopic (exact) mass is 716 g/mol. The molecule has 0 bridgehead atoms. The summed E-state index contributed by atoms with van der Waals surface area (Å²) in [6.45, 7) is 0. The maximum atomic E-state index is 4.72. The van der Waals surface area contributed by atoms with E-state index in [1.807, 2.05) is 17.5 Å². The van der Waals surface area contributed by atoms with Crippen LogP contribution < -0.4 is 0 Å². The van der Waals surface area contributed by atoms with Gasteiger partial charge in [-0.05, 0) is 91.4 Å². The van der Waals surface area contributed by atoms with E-state index in [2.05, 4.69) is 193 Å². The summed E-state index contributed by atoms with van der Waals surface area (Å²) in [5.74, 6) is 0. The van der Waals surface area contributed by atoms with Gasteiger partial charge >= 0.3 is 0 Å². The fraction of sp³-hybridized carbons (Fsp3) is 0.0192. The molecule has 8 aromatic carbocycles. The summed E-state index contributed by atoms with van der Waals surface area (Å²) < 4.78 is 4.88. The van der Waals surface area contributed by atoms with Gasteiger partial charge in [0.2, 0.25) is 0 Å². The number of nitrogens with zero attached hydrogens (tertiary/aromatic N) is 2. The van der Waals surface area contributed by atoms with E-state index in [1.165, 1.54) is 86.6 Å². The Labute approximate surface area is 322 Å². The minimum absolute atomic E-state index is 0.528. The molecule has 3 aromatic heterocycles. The number of imidazole rings is 1. The molecule has 0 fully saturated rings. The normalized spacial score (nSPS) is 13.2. The van der Waals surface area contributed by atoms with Crippen LogP contribution in [0.3, 0.4) is 0 Å². The van der Waals surface area contributed by atoms with Crippen LogP contribution in [0.25, 0.3) is 80.9 Å². The lowest BCUT2D eigenvalue weighted by Crippen LogP contribution is -2.28. The van der Waals surface area contributed by atoms with Gasteiger partial charge < -0.3 is 0 Å². The summed E-state index contributed by atoms with van der Waals surface area (Å²) in [7, 11) is 0. The molecule has 0 saturated carbocycles. The van der Waals surface area contributed by atoms with E-state index in [0.29, 0.717) is 0 Å². The highest BCUT2D eigenvalue weighted by atomic mass is 32.1. The molecule has 2 nitrogen and oxygen atoms in total. The SMILES string of the molecule is c1ccc(C2(c3ccccc3)c3cc(-c4ccc5c(c4)c4ccccc4c4nccn54)ccc3-c3ccc(-c4cccc5c4sc4ccccc45)cc32)cc1. The average Bonchev–Trinajstić information content (AvgIpc) is 3.98. The fourth-order valence-corrected chi connectivity index (χ4v) is 10.8. The van der Waals surface area contributed by atoms with Gasteiger partial charge in [0.1, 0.15) is 5.65 Å². The van der Waals surface area contributed by atoms with Crippen molar-refractivity contribution in [1.29, 1.82) is 0 Å². The van der Waals surface area contributed by atoms with Crippen molar-refractivity contribution in [2.45, 2.75) is 5.41 Å². The van der Waals surface area contributed by atoms with Gasteiger partial charge in [0.05, 0.1) is 10.9 Å². The average molecular weight is 717 g/mol. The molecule has 0 radical (unpaired) electrons. The molecule has 0 unspecified atom stereocenters. The Kier molecular flexibility index (Phi) is 6.46. The van der Waals surface area contributed by atoms with E-state index >= 15 is 0 Å². The Balaban J connectivity index is 1.12. The number of hydrogen-bond donors (Lipinski definition) is 0. The number of rotatable bonds is 4. The van der Waals surface area contributed by atoms with Gasteiger partial charge in [0, 0.05) is 43.3 Å². The molecule has 1 aliphatic rings. The Morgan fingerprint density at radius 1 is 0.436 bits per heavy atom. The van der Waals surface area contributed by atoms with Gasteiger partial charge in [-0.3, -0.25) is 4.40 Å². The second-order valence-corrected chi connectivity index (χ2v) is 15.7. The molecule has 3 heteroatoms. The van der Waals surface area contributed by atoms with Crippen LogP contribution in [0.2, 0.25) is 0 Å². The molecule has 0 N–H and O–H groups in total. The second-order valence-electron chi connectivity index (χ2n) is 14.7. The van der Waals surface area contributed by atoms with E-state index < -0.39 is 5.41 Å². The van der Waals surface area contributed by atoms with Crippen LogP contribution in [0.4, 0.5) is 0 Å². The largest absolute Gasteiger partial charge is 0.299 e. The second kappa shape index (κ2) is 11.6. The third kappa shape index (κ3) is 4.27. The highest BCUT2D eigenvalue weighted by Crippen LogP contribution is 2.58. The van der Waals surface area contributed by atoms with Crippen molar-refractivity contribution in [3.63, 3.8) is 0 Å². The van der Waals surface area contributed by atoms with Gasteiger partial charge in [0.25, 0.3) is 0 Å². The molecule has 0 amide bonds. The lowest BCUT2D eigenvalue weighted by molar-refractivity contribution is 0.769. The minimum atomic E-state index is -0.528. The van der Waals surface area contributed by atoms with Gasteiger partial charge in [-0.15, -0.1) is 11.3 Å². The van der Waals surface area contributed by atoms with Crippen molar-refractivity contribution in [1.82, 2.24) is 9.38 Å². The number of fused-ring (bicyclic) bond motifs is 12. The zero-order valence-corrected chi connectivity index (χ0v) is 30.6. The van der Waals surface area contributed by atoms with Crippen LogP contribution in [-0.4, -0.2) is 9.38 Å². The molecule has 0 saturated heterocycles. The van der Waals surface area contributed by atoms with Crippen molar-refractivity contribution in [2.75, 3.05) is 0 Å². The maximum absolute atomic E-state index is 4.72. The van der Waals surface area contributed by atoms with Crippen LogP contribution in [0, 0.1) is 0 Å². The van der Waals surface area contributed by atoms with Gasteiger partial charge in [-0.25, -0.2) is 4.98 Å². The van der Waals surface area contributed by atoms with Crippen LogP contribution in [-0.2, 0) is 5.41 Å². The Hall–Kier alpha value is -6.81. The molecule has 3 heterocycles. The molecule has 0 aliphatic heterocycles. The summed E-state index contributed by atoms with van der Waals surface area (Å²) >= 11 is 1.89. The summed E-state index contributed by atoms with van der Waals surface area (Å²) in [5, 5.41) is 6.25. The lowest BCUT2D eigenvalue weighted by atomic mass is 9.67. The molecule has 256 valence electrons. The molecule has 1 aliphatic carbocycles. The van der Waals surface area contributed by atoms with Gasteiger partial charge in [-0.2, -0.15) is 0 Å². The Bertz CT molecular complexity index is 3280. The number of benzene rings is 8. The van der Waals surface area contributed by atoms with Crippen molar-refractivity contribution >= 4 is 58.8 Å². The van der Waals surface area contributed by atoms with Crippen molar-refractivity contribution in [3.8, 4) is 33.4 Å². The molecule has 12 rings (SSSR count). The highest BCUT2D eigenvalue weighted by Gasteiger charge is 2.46. The zero-order valence-electron chi connectivity index (χ0n) is 29.8. The first-order valence-corrected chi connectivity index (χ1v) is 19.7. The quantitative estimate of drug-likeness (QED) is 0.166. The lowest BCUT2D eigenvalue weighted by Gasteiger charge is -2.34. The molecular formula is C52H32N2S. The van der Waals surface area contributed by atoms with Gasteiger partial charge in [-0.1, -0.05) is 152 Å². The van der Waals surface area contributed by atoms with Gasteiger partial charge in [0.15, 0.2) is 0 Å². The first-order valence-electron chi connectivity index (χ1n) is 18.9. The third-order valence-electron chi connectivity index (χ3n) is 12.0. The van der Waals surface area contributed by atoms with Crippen molar-refractivity contribution in [2.24, 2.45) is 0 Å². The molecule has 0 atom stereocenters. The van der Waals surface area contributed by atoms with E-state index in [0.717, 1.165) is 16.6 Å². The Morgan fingerprint density at radius 3 is 1.80 bits per heavy atom. The van der Waals surface area contributed by atoms with Crippen molar-refractivity contribution < 1.29 is 0 Å². The molecular weight excluding hydrogens is 685 g/mol. The standard InChI is InChI=1S/C52H32N2S/c1-3-12-36(13-4-1)52(37-14-5-2-6-15-37)46-31-34(33-24-27-48-45(30-33)39-16-7-8-18-44(39)51-53-28-29-54(48)51)22-25-40(46)41-26-23-35(32-47(41)52)38-19-11-20-43-42-17-9-10-21-49(42)55-50(38)43/h1-32H. The topological polar surface area (TPSA) is 17.3 Å². The molecule has 55 heavy (non-hydrogen) atoms. The maximum Gasteiger partial charge on any atom is 0.145 e. The van der Waals surface area contributed by atoms with E-state index in [1.54, 1.807) is 0 Å². The summed E-state index contributed by atoms with van der Waals surface area (Å²) in [6, 6.07) is 67.8. The predicted octanol–water partition coefficient (Wildman–Crippen LogP) is 13.7. The summed E-state index contributed by atoms with van der Waals surface area (Å²) in [5.41, 5.74) is 14.3. The number of aromatic nitrogens is 2. The fourth-order valence-electron chi connectivity index (χ4n) is 9.56. The Morgan fingerprint density at radius 2 is 1.04 bits per heavy atom. The van der Waals surface area contributed by atoms with E-state index in [4.69, 9.17) is 4.98 Å². The number of pyridine rings is 1. The first-order chi connectivity index (χ1) is 27.3. The molecule has 0 spiro atoms. The predicted molar refractivity (Wildman–Crippen MR) is 231 cm³/mol. The van der Waals surface area contributed by atoms with Crippen molar-refractivity contribution in [3.05, 3.63) is 217 Å². The smallest absolute Gasteiger partial charge is 0.145 e. The highest BCUT2D eigenvalue weighted by molar-refractivity contribution is 7.26. The van der Waals surface area contributed by atoms with Crippen LogP contribution in [0.1, 0.15) is 22.3 Å². The summed E-state index contributed by atoms with van der Waals surface area (Å²) in [4.78, 5) is 4.72. The van der Waals surface area contributed by atoms with Crippen LogP contribution >= 0.6 is 11.3 Å². The van der Waals surface area contributed by atoms with Crippen LogP contribution in [0.15, 0.2) is 194 Å². The zero-order chi connectivity index (χ0) is 36.1. The summed E-state index contributed by atoms with van der Waals surface area (Å²) in [6.07, 6.45) is 3.97. The van der Waals surface area contributed by atoms with E-state index in [9.17, 15) is 0 Å². The number of hydrogen-bond acceptors (Lipinski definition) is 2. The van der Waals surface area contributed by atoms with E-state index in [-0.39, 0.29) is 0 Å². The first kappa shape index (κ1) is 30.6.